The minimum atomic E-state index is -0.504. The maximum absolute atomic E-state index is 12.5. The Morgan fingerprint density at radius 2 is 1.64 bits per heavy atom. The number of carbonyl (C=O) groups excluding carboxylic acids is 1. The van der Waals surface area contributed by atoms with Gasteiger partial charge in [0, 0.05) is 42.0 Å². The third kappa shape index (κ3) is 6.24. The van der Waals surface area contributed by atoms with Gasteiger partial charge in [-0.15, -0.1) is 0 Å². The SMILES string of the molecule is COc1ccc(Nc2nc(-c3ccccc3)cc(C3CCN(C(=O)OC(C)(C)C)CC3)n2)cc1OC. The summed E-state index contributed by atoms with van der Waals surface area (Å²) in [4.78, 5) is 24.0. The van der Waals surface area contributed by atoms with Crippen LogP contribution in [0.15, 0.2) is 54.6 Å². The Morgan fingerprint density at radius 3 is 2.28 bits per heavy atom. The lowest BCUT2D eigenvalue weighted by molar-refractivity contribution is 0.0204. The topological polar surface area (TPSA) is 85.8 Å². The largest absolute Gasteiger partial charge is 0.493 e. The first-order chi connectivity index (χ1) is 17.3. The van der Waals surface area contributed by atoms with Crippen molar-refractivity contribution in [1.82, 2.24) is 14.9 Å². The molecule has 1 aliphatic heterocycles. The van der Waals surface area contributed by atoms with Gasteiger partial charge in [-0.2, -0.15) is 0 Å². The summed E-state index contributed by atoms with van der Waals surface area (Å²) in [6, 6.07) is 17.7. The van der Waals surface area contributed by atoms with Crippen LogP contribution in [-0.2, 0) is 4.74 Å². The number of nitrogens with zero attached hydrogens (tertiary/aromatic N) is 3. The Morgan fingerprint density at radius 1 is 0.944 bits per heavy atom. The number of hydrogen-bond donors (Lipinski definition) is 1. The Balaban J connectivity index is 1.58. The number of aromatic nitrogens is 2. The van der Waals surface area contributed by atoms with E-state index in [1.165, 1.54) is 0 Å². The Hall–Kier alpha value is -3.81. The van der Waals surface area contributed by atoms with Crippen LogP contribution in [0.3, 0.4) is 0 Å². The highest BCUT2D eigenvalue weighted by molar-refractivity contribution is 5.68. The minimum Gasteiger partial charge on any atom is -0.493 e. The van der Waals surface area contributed by atoms with E-state index in [0.717, 1.165) is 35.5 Å². The molecular weight excluding hydrogens is 456 g/mol. The second kappa shape index (κ2) is 10.8. The molecule has 0 spiro atoms. The Labute approximate surface area is 212 Å². The van der Waals surface area contributed by atoms with Crippen molar-refractivity contribution in [3.63, 3.8) is 0 Å². The number of amides is 1. The van der Waals surface area contributed by atoms with Crippen LogP contribution in [0.1, 0.15) is 45.2 Å². The molecule has 0 atom stereocenters. The van der Waals surface area contributed by atoms with E-state index in [-0.39, 0.29) is 12.0 Å². The fraction of sp³-hybridized carbons (Fsp3) is 0.393. The van der Waals surface area contributed by atoms with Crippen LogP contribution in [0, 0.1) is 0 Å². The van der Waals surface area contributed by atoms with E-state index in [0.29, 0.717) is 30.5 Å². The van der Waals surface area contributed by atoms with Crippen LogP contribution < -0.4 is 14.8 Å². The van der Waals surface area contributed by atoms with Crippen molar-refractivity contribution in [3.05, 3.63) is 60.3 Å². The molecule has 1 saturated heterocycles. The second-order valence-electron chi connectivity index (χ2n) is 9.80. The van der Waals surface area contributed by atoms with E-state index < -0.39 is 5.60 Å². The summed E-state index contributed by atoms with van der Waals surface area (Å²) in [7, 11) is 3.22. The Bertz CT molecular complexity index is 1190. The molecule has 3 aromatic rings. The number of anilines is 2. The molecular formula is C28H34N4O4. The molecule has 1 aliphatic rings. The third-order valence-electron chi connectivity index (χ3n) is 6.02. The molecule has 0 saturated carbocycles. The average Bonchev–Trinajstić information content (AvgIpc) is 2.88. The molecule has 1 aromatic heterocycles. The number of methoxy groups -OCH3 is 2. The average molecular weight is 491 g/mol. The second-order valence-corrected chi connectivity index (χ2v) is 9.80. The first-order valence-electron chi connectivity index (χ1n) is 12.2. The van der Waals surface area contributed by atoms with E-state index in [1.807, 2.05) is 69.3 Å². The predicted octanol–water partition coefficient (Wildman–Crippen LogP) is 6.02. The molecule has 1 fully saturated rings. The molecule has 0 unspecified atom stereocenters. The molecule has 8 heteroatoms. The van der Waals surface area contributed by atoms with Crippen LogP contribution in [0.4, 0.5) is 16.4 Å². The van der Waals surface area contributed by atoms with Gasteiger partial charge in [-0.05, 0) is 51.8 Å². The quantitative estimate of drug-likeness (QED) is 0.452. The number of ether oxygens (including phenoxy) is 3. The normalized spacial score (nSPS) is 14.3. The van der Waals surface area contributed by atoms with Crippen molar-refractivity contribution in [2.24, 2.45) is 0 Å². The van der Waals surface area contributed by atoms with Gasteiger partial charge >= 0.3 is 6.09 Å². The molecule has 0 radical (unpaired) electrons. The van der Waals surface area contributed by atoms with E-state index in [2.05, 4.69) is 11.4 Å². The summed E-state index contributed by atoms with van der Waals surface area (Å²) < 4.78 is 16.3. The number of rotatable bonds is 6. The lowest BCUT2D eigenvalue weighted by Gasteiger charge is -2.33. The zero-order chi connectivity index (χ0) is 25.7. The van der Waals surface area contributed by atoms with Gasteiger partial charge in [0.15, 0.2) is 11.5 Å². The van der Waals surface area contributed by atoms with E-state index >= 15 is 0 Å². The lowest BCUT2D eigenvalue weighted by Crippen LogP contribution is -2.41. The zero-order valence-electron chi connectivity index (χ0n) is 21.6. The van der Waals surface area contributed by atoms with Crippen molar-refractivity contribution in [2.75, 3.05) is 32.6 Å². The first-order valence-corrected chi connectivity index (χ1v) is 12.2. The lowest BCUT2D eigenvalue weighted by atomic mass is 9.92. The van der Waals surface area contributed by atoms with Crippen LogP contribution in [-0.4, -0.2) is 53.9 Å². The smallest absolute Gasteiger partial charge is 0.410 e. The molecule has 4 rings (SSSR count). The highest BCUT2D eigenvalue weighted by Crippen LogP contribution is 2.33. The molecule has 2 aromatic carbocycles. The molecule has 0 bridgehead atoms. The summed E-state index contributed by atoms with van der Waals surface area (Å²) in [6.45, 7) is 6.91. The molecule has 2 heterocycles. The fourth-order valence-electron chi connectivity index (χ4n) is 4.22. The van der Waals surface area contributed by atoms with Crippen LogP contribution in [0.2, 0.25) is 0 Å². The van der Waals surface area contributed by atoms with Gasteiger partial charge < -0.3 is 24.4 Å². The number of nitrogens with one attached hydrogen (secondary N) is 1. The van der Waals surface area contributed by atoms with Gasteiger partial charge in [-0.25, -0.2) is 14.8 Å². The summed E-state index contributed by atoms with van der Waals surface area (Å²) in [6.07, 6.45) is 1.35. The van der Waals surface area contributed by atoms with Gasteiger partial charge in [0.2, 0.25) is 5.95 Å². The number of likely N-dealkylation sites (tertiary alicyclic amines) is 1. The number of hydrogen-bond acceptors (Lipinski definition) is 7. The summed E-state index contributed by atoms with van der Waals surface area (Å²) in [5, 5.41) is 3.33. The van der Waals surface area contributed by atoms with E-state index in [9.17, 15) is 4.79 Å². The molecule has 1 amide bonds. The van der Waals surface area contributed by atoms with Crippen molar-refractivity contribution in [2.45, 2.75) is 45.1 Å². The highest BCUT2D eigenvalue weighted by atomic mass is 16.6. The number of piperidine rings is 1. The van der Waals surface area contributed by atoms with E-state index in [1.54, 1.807) is 19.1 Å². The Kier molecular flexibility index (Phi) is 7.62. The maximum Gasteiger partial charge on any atom is 0.410 e. The van der Waals surface area contributed by atoms with Gasteiger partial charge in [0.25, 0.3) is 0 Å². The molecule has 36 heavy (non-hydrogen) atoms. The summed E-state index contributed by atoms with van der Waals surface area (Å²) in [5.74, 6) is 1.99. The van der Waals surface area contributed by atoms with Gasteiger partial charge in [-0.1, -0.05) is 30.3 Å². The summed E-state index contributed by atoms with van der Waals surface area (Å²) >= 11 is 0. The fourth-order valence-corrected chi connectivity index (χ4v) is 4.22. The van der Waals surface area contributed by atoms with Crippen molar-refractivity contribution in [3.8, 4) is 22.8 Å². The molecule has 0 aliphatic carbocycles. The third-order valence-corrected chi connectivity index (χ3v) is 6.02. The summed E-state index contributed by atoms with van der Waals surface area (Å²) in [5.41, 5.74) is 3.11. The van der Waals surface area contributed by atoms with Crippen molar-refractivity contribution in [1.29, 1.82) is 0 Å². The first kappa shape index (κ1) is 25.3. The highest BCUT2D eigenvalue weighted by Gasteiger charge is 2.28. The number of carbonyl (C=O) groups is 1. The van der Waals surface area contributed by atoms with Gasteiger partial charge in [0.1, 0.15) is 5.60 Å². The van der Waals surface area contributed by atoms with Gasteiger partial charge in [0.05, 0.1) is 19.9 Å². The standard InChI is InChI=1S/C28H34N4O4/c1-28(2,3)36-27(33)32-15-13-20(14-16-32)23-18-22(19-9-7-6-8-10-19)30-26(31-23)29-21-11-12-24(34-4)25(17-21)35-5/h6-12,17-18,20H,13-16H2,1-5H3,(H,29,30,31). The monoisotopic (exact) mass is 490 g/mol. The van der Waals surface area contributed by atoms with Gasteiger partial charge in [-0.3, -0.25) is 0 Å². The predicted molar refractivity (Wildman–Crippen MR) is 140 cm³/mol. The van der Waals surface area contributed by atoms with Crippen LogP contribution in [0.25, 0.3) is 11.3 Å². The number of benzene rings is 2. The molecule has 8 nitrogen and oxygen atoms in total. The maximum atomic E-state index is 12.5. The molecule has 1 N–H and O–H groups in total. The minimum absolute atomic E-state index is 0.208. The zero-order valence-corrected chi connectivity index (χ0v) is 21.6. The van der Waals surface area contributed by atoms with E-state index in [4.69, 9.17) is 24.2 Å². The van der Waals surface area contributed by atoms with Crippen molar-refractivity contribution >= 4 is 17.7 Å². The van der Waals surface area contributed by atoms with Crippen LogP contribution >= 0.6 is 0 Å². The van der Waals surface area contributed by atoms with Crippen molar-refractivity contribution < 1.29 is 19.0 Å². The molecule has 190 valence electrons. The van der Waals surface area contributed by atoms with Crippen LogP contribution in [0.5, 0.6) is 11.5 Å².